The summed E-state index contributed by atoms with van der Waals surface area (Å²) in [5.74, 6) is 0. The van der Waals surface area contributed by atoms with E-state index in [1.165, 1.54) is 16.2 Å². The van der Waals surface area contributed by atoms with E-state index >= 15 is 0 Å². The van der Waals surface area contributed by atoms with Crippen molar-refractivity contribution in [3.8, 4) is 5.69 Å². The van der Waals surface area contributed by atoms with E-state index in [4.69, 9.17) is 16.3 Å². The lowest BCUT2D eigenvalue weighted by Gasteiger charge is -2.13. The summed E-state index contributed by atoms with van der Waals surface area (Å²) in [6.07, 6.45) is 2.43. The summed E-state index contributed by atoms with van der Waals surface area (Å²) >= 11 is 6.29. The van der Waals surface area contributed by atoms with Crippen molar-refractivity contribution in [2.75, 3.05) is 13.7 Å². The van der Waals surface area contributed by atoms with E-state index in [1.807, 2.05) is 6.92 Å². The van der Waals surface area contributed by atoms with Gasteiger partial charge in [-0.25, -0.2) is 14.3 Å². The van der Waals surface area contributed by atoms with Crippen LogP contribution in [0, 0.1) is 0 Å². The molecule has 0 bridgehead atoms. The molecule has 0 amide bonds. The summed E-state index contributed by atoms with van der Waals surface area (Å²) < 4.78 is 9.37. The Morgan fingerprint density at radius 2 is 1.96 bits per heavy atom. The van der Waals surface area contributed by atoms with Crippen LogP contribution in [0.15, 0.2) is 40.2 Å². The molecule has 0 atom stereocenters. The van der Waals surface area contributed by atoms with Crippen LogP contribution in [-0.2, 0) is 17.8 Å². The molecule has 0 fully saturated rings. The van der Waals surface area contributed by atoms with Crippen molar-refractivity contribution in [1.29, 1.82) is 0 Å². The predicted molar refractivity (Wildman–Crippen MR) is 96.8 cm³/mol. The third kappa shape index (κ3) is 3.01. The molecule has 1 aromatic carbocycles. The minimum atomic E-state index is -0.482. The third-order valence-corrected chi connectivity index (χ3v) is 4.30. The minimum absolute atomic E-state index is 0.159. The topological polar surface area (TPSA) is 71.1 Å². The van der Waals surface area contributed by atoms with Crippen LogP contribution in [-0.4, -0.2) is 32.4 Å². The highest BCUT2D eigenvalue weighted by molar-refractivity contribution is 6.32. The summed E-state index contributed by atoms with van der Waals surface area (Å²) in [6.45, 7) is 3.06. The molecular formula is C17H19ClN4O3. The number of aryl methyl sites for hydroxylation is 1. The van der Waals surface area contributed by atoms with Gasteiger partial charge in [0.15, 0.2) is 11.2 Å². The molecule has 132 valence electrons. The van der Waals surface area contributed by atoms with E-state index in [0.717, 1.165) is 6.42 Å². The highest BCUT2D eigenvalue weighted by Gasteiger charge is 2.19. The van der Waals surface area contributed by atoms with Gasteiger partial charge in [0.1, 0.15) is 0 Å². The summed E-state index contributed by atoms with van der Waals surface area (Å²) in [5, 5.41) is 0.410. The Morgan fingerprint density at radius 1 is 1.20 bits per heavy atom. The molecule has 7 nitrogen and oxygen atoms in total. The number of fused-ring (bicyclic) bond motifs is 1. The number of methoxy groups -OCH3 is 1. The highest BCUT2D eigenvalue weighted by atomic mass is 35.5. The van der Waals surface area contributed by atoms with Crippen molar-refractivity contribution in [1.82, 2.24) is 18.7 Å². The lowest BCUT2D eigenvalue weighted by Crippen LogP contribution is -2.41. The largest absolute Gasteiger partial charge is 0.383 e. The summed E-state index contributed by atoms with van der Waals surface area (Å²) in [6, 6.07) is 6.99. The molecule has 0 radical (unpaired) electrons. The lowest BCUT2D eigenvalue weighted by atomic mass is 10.3. The zero-order valence-electron chi connectivity index (χ0n) is 14.1. The molecule has 3 rings (SSSR count). The van der Waals surface area contributed by atoms with Gasteiger partial charge >= 0.3 is 5.69 Å². The molecule has 25 heavy (non-hydrogen) atoms. The number of hydrogen-bond donors (Lipinski definition) is 0. The maximum atomic E-state index is 13.0. The van der Waals surface area contributed by atoms with Gasteiger partial charge in [0.2, 0.25) is 0 Å². The van der Waals surface area contributed by atoms with E-state index in [1.54, 1.807) is 35.2 Å². The van der Waals surface area contributed by atoms with Crippen molar-refractivity contribution < 1.29 is 4.74 Å². The fourth-order valence-electron chi connectivity index (χ4n) is 2.82. The Balaban J connectivity index is 2.41. The van der Waals surface area contributed by atoms with Crippen LogP contribution < -0.4 is 11.2 Å². The second-order valence-electron chi connectivity index (χ2n) is 5.63. The number of halogens is 1. The van der Waals surface area contributed by atoms with Gasteiger partial charge in [0, 0.05) is 13.7 Å². The van der Waals surface area contributed by atoms with Crippen LogP contribution in [0.1, 0.15) is 13.3 Å². The van der Waals surface area contributed by atoms with Gasteiger partial charge in [-0.3, -0.25) is 9.36 Å². The molecule has 0 aliphatic rings. The van der Waals surface area contributed by atoms with Crippen LogP contribution in [0.5, 0.6) is 0 Å². The molecule has 0 saturated carbocycles. The third-order valence-electron chi connectivity index (χ3n) is 3.98. The average molecular weight is 363 g/mol. The molecule has 0 unspecified atom stereocenters. The second kappa shape index (κ2) is 7.25. The number of ether oxygens (including phenoxy) is 1. The maximum absolute atomic E-state index is 13.0. The van der Waals surface area contributed by atoms with Crippen LogP contribution in [0.3, 0.4) is 0 Å². The van der Waals surface area contributed by atoms with Gasteiger partial charge in [-0.15, -0.1) is 0 Å². The Kier molecular flexibility index (Phi) is 5.06. The molecule has 0 aliphatic heterocycles. The molecular weight excluding hydrogens is 344 g/mol. The summed E-state index contributed by atoms with van der Waals surface area (Å²) in [5.41, 5.74) is 0.338. The normalized spacial score (nSPS) is 11.3. The number of aromatic nitrogens is 4. The van der Waals surface area contributed by atoms with E-state index in [2.05, 4.69) is 4.98 Å². The predicted octanol–water partition coefficient (Wildman–Crippen LogP) is 2.06. The average Bonchev–Trinajstić information content (AvgIpc) is 3.00. The van der Waals surface area contributed by atoms with Crippen molar-refractivity contribution in [2.24, 2.45) is 0 Å². The van der Waals surface area contributed by atoms with Crippen molar-refractivity contribution in [3.63, 3.8) is 0 Å². The Labute approximate surface area is 149 Å². The van der Waals surface area contributed by atoms with Gasteiger partial charge in [-0.2, -0.15) is 0 Å². The van der Waals surface area contributed by atoms with Crippen LogP contribution in [0.25, 0.3) is 16.9 Å². The Morgan fingerprint density at radius 3 is 2.64 bits per heavy atom. The lowest BCUT2D eigenvalue weighted by molar-refractivity contribution is 0.184. The van der Waals surface area contributed by atoms with Gasteiger partial charge in [0.25, 0.3) is 5.56 Å². The van der Waals surface area contributed by atoms with Gasteiger partial charge in [-0.1, -0.05) is 30.7 Å². The van der Waals surface area contributed by atoms with Crippen molar-refractivity contribution >= 4 is 22.8 Å². The summed E-state index contributed by atoms with van der Waals surface area (Å²) in [4.78, 5) is 30.2. The monoisotopic (exact) mass is 362 g/mol. The first-order valence-corrected chi connectivity index (χ1v) is 8.42. The molecule has 0 aliphatic carbocycles. The zero-order valence-corrected chi connectivity index (χ0v) is 14.9. The minimum Gasteiger partial charge on any atom is -0.383 e. The summed E-state index contributed by atoms with van der Waals surface area (Å²) in [7, 11) is 1.53. The van der Waals surface area contributed by atoms with Crippen LogP contribution >= 0.6 is 11.6 Å². The molecule has 2 heterocycles. The van der Waals surface area contributed by atoms with Crippen molar-refractivity contribution in [3.05, 3.63) is 56.5 Å². The molecule has 0 spiro atoms. The van der Waals surface area contributed by atoms with Gasteiger partial charge in [0.05, 0.1) is 30.2 Å². The first-order valence-electron chi connectivity index (χ1n) is 8.04. The number of rotatable bonds is 6. The Hall–Kier alpha value is -2.38. The quantitative estimate of drug-likeness (QED) is 0.673. The molecule has 8 heteroatoms. The first-order chi connectivity index (χ1) is 12.1. The number of hydrogen-bond acceptors (Lipinski definition) is 4. The zero-order chi connectivity index (χ0) is 18.0. The first kappa shape index (κ1) is 17.4. The number of imidazole rings is 1. The number of para-hydroxylation sites is 1. The second-order valence-corrected chi connectivity index (χ2v) is 6.04. The maximum Gasteiger partial charge on any atom is 0.337 e. The highest BCUT2D eigenvalue weighted by Crippen LogP contribution is 2.21. The van der Waals surface area contributed by atoms with Crippen LogP contribution in [0.2, 0.25) is 5.02 Å². The van der Waals surface area contributed by atoms with E-state index in [-0.39, 0.29) is 18.7 Å². The number of nitrogens with zero attached hydrogens (tertiary/aromatic N) is 4. The van der Waals surface area contributed by atoms with Crippen LogP contribution in [0.4, 0.5) is 0 Å². The fraction of sp³-hybridized carbons (Fsp3) is 0.353. The van der Waals surface area contributed by atoms with Gasteiger partial charge in [-0.05, 0) is 18.6 Å². The Bertz CT molecular complexity index is 1020. The molecule has 3 aromatic rings. The molecule has 0 saturated heterocycles. The fourth-order valence-corrected chi connectivity index (χ4v) is 3.04. The molecule has 0 N–H and O–H groups in total. The molecule has 2 aromatic heterocycles. The smallest absolute Gasteiger partial charge is 0.337 e. The van der Waals surface area contributed by atoms with Gasteiger partial charge < -0.3 is 9.30 Å². The SMILES string of the molecule is CCCn1cnc2c1c(=O)n(CCOC)c(=O)n2-c1ccccc1Cl. The van der Waals surface area contributed by atoms with E-state index in [0.29, 0.717) is 28.4 Å². The van der Waals surface area contributed by atoms with E-state index in [9.17, 15) is 9.59 Å². The van der Waals surface area contributed by atoms with Crippen molar-refractivity contribution in [2.45, 2.75) is 26.4 Å². The van der Waals surface area contributed by atoms with E-state index < -0.39 is 5.69 Å². The number of benzene rings is 1. The standard InChI is InChI=1S/C17H19ClN4O3/c1-3-8-20-11-19-15-14(20)16(23)21(9-10-25-2)17(24)22(15)13-7-5-4-6-12(13)18/h4-7,11H,3,8-10H2,1-2H3.